The number of carbonyl (C=O) groups is 1. The van der Waals surface area contributed by atoms with Crippen molar-refractivity contribution in [3.8, 4) is 0 Å². The van der Waals surface area contributed by atoms with Gasteiger partial charge < -0.3 is 10.2 Å². The number of rotatable bonds is 10. The summed E-state index contributed by atoms with van der Waals surface area (Å²) >= 11 is 0. The van der Waals surface area contributed by atoms with Gasteiger partial charge in [0.2, 0.25) is 15.9 Å². The molecule has 1 atom stereocenters. The van der Waals surface area contributed by atoms with Crippen LogP contribution in [-0.2, 0) is 21.4 Å². The summed E-state index contributed by atoms with van der Waals surface area (Å²) in [6.45, 7) is 7.85. The summed E-state index contributed by atoms with van der Waals surface area (Å²) in [4.78, 5) is 14.2. The van der Waals surface area contributed by atoms with E-state index in [4.69, 9.17) is 0 Å². The Balaban J connectivity index is 2.46. The summed E-state index contributed by atoms with van der Waals surface area (Å²) in [7, 11) is -0.0872. The van der Waals surface area contributed by atoms with E-state index in [9.17, 15) is 17.6 Å². The first kappa shape index (κ1) is 25.8. The van der Waals surface area contributed by atoms with Gasteiger partial charge in [-0.1, -0.05) is 20.8 Å². The van der Waals surface area contributed by atoms with E-state index < -0.39 is 15.8 Å². The number of nitrogens with one attached hydrogen (secondary N) is 1. The highest BCUT2D eigenvalue weighted by molar-refractivity contribution is 7.89. The zero-order chi connectivity index (χ0) is 24.1. The monoisotopic (exact) mass is 463 g/mol. The third-order valence-corrected chi connectivity index (χ3v) is 7.24. The number of nitrogens with zero attached hydrogens (tertiary/aromatic N) is 2. The minimum Gasteiger partial charge on any atom is -0.377 e. The Morgan fingerprint density at radius 1 is 1.06 bits per heavy atom. The van der Waals surface area contributed by atoms with Crippen molar-refractivity contribution in [3.63, 3.8) is 0 Å². The molecule has 0 saturated heterocycles. The second kappa shape index (κ2) is 10.9. The highest BCUT2D eigenvalue weighted by atomic mass is 32.2. The summed E-state index contributed by atoms with van der Waals surface area (Å²) in [5, 5.41) is 2.91. The SMILES string of the molecule is CC[C@@H](C)N(Cc1cc(NC(=O)CC(C)C)ccc1N(C)C)S(=O)(=O)c1ccc(F)cc1. The Morgan fingerprint density at radius 3 is 2.22 bits per heavy atom. The molecule has 0 fully saturated rings. The molecule has 176 valence electrons. The van der Waals surface area contributed by atoms with Crippen LogP contribution in [0.25, 0.3) is 0 Å². The Bertz CT molecular complexity index is 1020. The van der Waals surface area contributed by atoms with Crippen molar-refractivity contribution in [1.29, 1.82) is 0 Å². The van der Waals surface area contributed by atoms with Gasteiger partial charge in [0.25, 0.3) is 0 Å². The van der Waals surface area contributed by atoms with Gasteiger partial charge in [0.15, 0.2) is 0 Å². The van der Waals surface area contributed by atoms with E-state index in [1.165, 1.54) is 16.4 Å². The van der Waals surface area contributed by atoms with Gasteiger partial charge in [-0.25, -0.2) is 12.8 Å². The smallest absolute Gasteiger partial charge is 0.243 e. The lowest BCUT2D eigenvalue weighted by molar-refractivity contribution is -0.116. The fourth-order valence-corrected chi connectivity index (χ4v) is 5.08. The number of hydrogen-bond donors (Lipinski definition) is 1. The van der Waals surface area contributed by atoms with Gasteiger partial charge in [0.1, 0.15) is 5.82 Å². The molecule has 0 aliphatic rings. The maximum absolute atomic E-state index is 13.4. The first-order chi connectivity index (χ1) is 14.9. The summed E-state index contributed by atoms with van der Waals surface area (Å²) in [6, 6.07) is 10.1. The fraction of sp³-hybridized carbons (Fsp3) is 0.458. The molecule has 1 N–H and O–H groups in total. The molecule has 0 spiro atoms. The number of benzene rings is 2. The largest absolute Gasteiger partial charge is 0.377 e. The van der Waals surface area contributed by atoms with Crippen LogP contribution in [0.3, 0.4) is 0 Å². The molecule has 0 radical (unpaired) electrons. The zero-order valence-electron chi connectivity index (χ0n) is 19.7. The molecule has 32 heavy (non-hydrogen) atoms. The Morgan fingerprint density at radius 2 is 1.69 bits per heavy atom. The van der Waals surface area contributed by atoms with Crippen molar-refractivity contribution in [2.75, 3.05) is 24.3 Å². The first-order valence-corrected chi connectivity index (χ1v) is 12.3. The lowest BCUT2D eigenvalue weighted by Gasteiger charge is -2.30. The van der Waals surface area contributed by atoms with Crippen molar-refractivity contribution in [2.45, 2.75) is 58.0 Å². The van der Waals surface area contributed by atoms with Crippen LogP contribution >= 0.6 is 0 Å². The lowest BCUT2D eigenvalue weighted by Crippen LogP contribution is -2.38. The number of halogens is 1. The molecule has 6 nitrogen and oxygen atoms in total. The standard InChI is InChI=1S/C24H34FN3O3S/c1-7-18(4)28(32(30,31)22-11-8-20(25)9-12-22)16-19-15-21(10-13-23(19)27(5)6)26-24(29)14-17(2)3/h8-13,15,17-18H,7,14,16H2,1-6H3,(H,26,29)/t18-/m1/s1. The van der Waals surface area contributed by atoms with Crippen LogP contribution in [-0.4, -0.2) is 38.8 Å². The summed E-state index contributed by atoms with van der Waals surface area (Å²) in [5.41, 5.74) is 2.25. The van der Waals surface area contributed by atoms with Crippen molar-refractivity contribution >= 4 is 27.3 Å². The quantitative estimate of drug-likeness (QED) is 0.546. The van der Waals surface area contributed by atoms with E-state index in [1.807, 2.05) is 64.9 Å². The van der Waals surface area contributed by atoms with Crippen molar-refractivity contribution in [1.82, 2.24) is 4.31 Å². The van der Waals surface area contributed by atoms with E-state index in [0.717, 1.165) is 23.4 Å². The van der Waals surface area contributed by atoms with Gasteiger partial charge in [0.05, 0.1) is 4.90 Å². The van der Waals surface area contributed by atoms with Crippen LogP contribution < -0.4 is 10.2 Å². The number of amides is 1. The van der Waals surface area contributed by atoms with Crippen molar-refractivity contribution in [2.24, 2.45) is 5.92 Å². The summed E-state index contributed by atoms with van der Waals surface area (Å²) in [5.74, 6) is -0.336. The molecule has 0 aliphatic carbocycles. The van der Waals surface area contributed by atoms with Crippen LogP contribution in [0.2, 0.25) is 0 Å². The number of anilines is 2. The molecule has 0 unspecified atom stereocenters. The topological polar surface area (TPSA) is 69.7 Å². The Labute approximate surface area is 191 Å². The molecule has 0 aromatic heterocycles. The van der Waals surface area contributed by atoms with E-state index in [1.54, 1.807) is 0 Å². The van der Waals surface area contributed by atoms with Crippen LogP contribution in [0, 0.1) is 11.7 Å². The van der Waals surface area contributed by atoms with Gasteiger partial charge in [-0.3, -0.25) is 4.79 Å². The second-order valence-corrected chi connectivity index (χ2v) is 10.5. The number of carbonyl (C=O) groups excluding carboxylic acids is 1. The molecule has 8 heteroatoms. The predicted molar refractivity (Wildman–Crippen MR) is 128 cm³/mol. The minimum atomic E-state index is -3.86. The predicted octanol–water partition coefficient (Wildman–Crippen LogP) is 4.87. The maximum atomic E-state index is 13.4. The van der Waals surface area contributed by atoms with Crippen LogP contribution in [0.15, 0.2) is 47.4 Å². The molecule has 0 saturated carbocycles. The van der Waals surface area contributed by atoms with E-state index in [2.05, 4.69) is 5.32 Å². The first-order valence-electron chi connectivity index (χ1n) is 10.8. The van der Waals surface area contributed by atoms with Crippen LogP contribution in [0.1, 0.15) is 46.1 Å². The van der Waals surface area contributed by atoms with E-state index in [0.29, 0.717) is 18.5 Å². The van der Waals surface area contributed by atoms with Crippen LogP contribution in [0.4, 0.5) is 15.8 Å². The molecule has 2 rings (SSSR count). The average Bonchev–Trinajstić information content (AvgIpc) is 2.70. The van der Waals surface area contributed by atoms with Gasteiger partial charge >= 0.3 is 0 Å². The number of hydrogen-bond acceptors (Lipinski definition) is 4. The molecule has 0 bridgehead atoms. The fourth-order valence-electron chi connectivity index (χ4n) is 3.40. The molecule has 1 amide bonds. The molecule has 0 aliphatic heterocycles. The number of sulfonamides is 1. The van der Waals surface area contributed by atoms with Gasteiger partial charge in [-0.2, -0.15) is 4.31 Å². The van der Waals surface area contributed by atoms with Gasteiger partial charge in [-0.15, -0.1) is 0 Å². The highest BCUT2D eigenvalue weighted by Crippen LogP contribution is 2.29. The lowest BCUT2D eigenvalue weighted by atomic mass is 10.1. The zero-order valence-corrected chi connectivity index (χ0v) is 20.5. The van der Waals surface area contributed by atoms with Crippen molar-refractivity contribution in [3.05, 3.63) is 53.8 Å². The molecule has 2 aromatic carbocycles. The molecule has 2 aromatic rings. The average molecular weight is 464 g/mol. The normalized spacial score (nSPS) is 12.8. The van der Waals surface area contributed by atoms with Gasteiger partial charge in [-0.05, 0) is 67.3 Å². The van der Waals surface area contributed by atoms with Crippen molar-refractivity contribution < 1.29 is 17.6 Å². The molecular weight excluding hydrogens is 429 g/mol. The molecule has 0 heterocycles. The highest BCUT2D eigenvalue weighted by Gasteiger charge is 2.29. The third-order valence-electron chi connectivity index (χ3n) is 5.27. The van der Waals surface area contributed by atoms with E-state index in [-0.39, 0.29) is 29.3 Å². The Hall–Kier alpha value is -2.45. The van der Waals surface area contributed by atoms with Crippen LogP contribution in [0.5, 0.6) is 0 Å². The summed E-state index contributed by atoms with van der Waals surface area (Å²) < 4.78 is 41.7. The maximum Gasteiger partial charge on any atom is 0.243 e. The van der Waals surface area contributed by atoms with E-state index >= 15 is 0 Å². The Kier molecular flexibility index (Phi) is 8.81. The summed E-state index contributed by atoms with van der Waals surface area (Å²) in [6.07, 6.45) is 1.02. The van der Waals surface area contributed by atoms with Gasteiger partial charge in [0, 0.05) is 44.5 Å². The molecular formula is C24H34FN3O3S. The minimum absolute atomic E-state index is 0.0481. The third kappa shape index (κ3) is 6.53. The second-order valence-electron chi connectivity index (χ2n) is 8.65.